The number of phenols is 1. The monoisotopic (exact) mass is 472 g/mol. The lowest BCUT2D eigenvalue weighted by Crippen LogP contribution is -2.97. The van der Waals surface area contributed by atoms with E-state index in [0.717, 1.165) is 37.6 Å². The molecule has 3 aliphatic carbocycles. The third-order valence-corrected chi connectivity index (χ3v) is 10.6. The minimum atomic E-state index is -0.534. The van der Waals surface area contributed by atoms with Crippen molar-refractivity contribution in [2.75, 3.05) is 13.1 Å². The maximum Gasteiger partial charge on any atom is 0.262 e. The molecule has 35 heavy (non-hydrogen) atoms. The summed E-state index contributed by atoms with van der Waals surface area (Å²) in [5, 5.41) is 10.8. The Morgan fingerprint density at radius 2 is 2.03 bits per heavy atom. The molecule has 3 fully saturated rings. The molecule has 3 aliphatic heterocycles. The van der Waals surface area contributed by atoms with Crippen LogP contribution in [0.15, 0.2) is 43.0 Å². The summed E-state index contributed by atoms with van der Waals surface area (Å²) in [6.07, 6.45) is 3.86. The van der Waals surface area contributed by atoms with E-state index in [1.807, 2.05) is 12.1 Å². The average Bonchev–Trinajstić information content (AvgIpc) is 3.32. The number of hydrogen-bond acceptors (Lipinski definition) is 5. The lowest BCUT2D eigenvalue weighted by Gasteiger charge is -2.87. The number of benzene rings is 2. The van der Waals surface area contributed by atoms with Gasteiger partial charge in [0.1, 0.15) is 11.9 Å². The van der Waals surface area contributed by atoms with Crippen LogP contribution in [0, 0.1) is 17.2 Å². The van der Waals surface area contributed by atoms with E-state index < -0.39 is 23.9 Å². The fraction of sp³-hybridized carbons (Fsp3) is 0.429. The molecule has 6 aliphatic rings. The molecule has 1 N–H and O–H groups in total. The Morgan fingerprint density at radius 1 is 1.23 bits per heavy atom. The van der Waals surface area contributed by atoms with Crippen LogP contribution in [0.3, 0.4) is 0 Å². The first-order chi connectivity index (χ1) is 16.8. The SMILES string of the molecule is C=CCN1CC2C13Cc1ccc(O)c4c1[C@]21[C@@H](O4)[C@H](N2C(=O)c4ccc(F)cc4C2=O)CC[C@@]31C. The van der Waals surface area contributed by atoms with Crippen molar-refractivity contribution in [2.45, 2.75) is 49.3 Å². The average molecular weight is 473 g/mol. The van der Waals surface area contributed by atoms with Gasteiger partial charge in [0.25, 0.3) is 11.8 Å². The first kappa shape index (κ1) is 20.0. The van der Waals surface area contributed by atoms with Crippen molar-refractivity contribution < 1.29 is 23.8 Å². The zero-order chi connectivity index (χ0) is 24.1. The standard InChI is InChI=1S/C28H25FN2O4/c1-3-10-30-13-20-27(30)12-14-4-7-19(32)22-21(14)28(20)23(35-22)18(8-9-26(27,28)2)31-24(33)16-6-5-15(29)11-17(16)25(31)34/h3-7,11,18,20,23,32H,1,8-10,12-13H2,2H3/t18-,20?,23+,26+,27?,28+/m1/s1. The molecule has 2 bridgehead atoms. The van der Waals surface area contributed by atoms with Gasteiger partial charge in [-0.2, -0.15) is 0 Å². The van der Waals surface area contributed by atoms with Crippen LogP contribution in [0.4, 0.5) is 4.39 Å². The van der Waals surface area contributed by atoms with Crippen LogP contribution in [-0.4, -0.2) is 57.5 Å². The van der Waals surface area contributed by atoms with E-state index >= 15 is 0 Å². The molecule has 6 nitrogen and oxygen atoms in total. The molecule has 1 spiro atoms. The Morgan fingerprint density at radius 3 is 2.83 bits per heavy atom. The van der Waals surface area contributed by atoms with Crippen molar-refractivity contribution >= 4 is 11.8 Å². The minimum absolute atomic E-state index is 0.00945. The molecule has 2 unspecified atom stereocenters. The lowest BCUT2D eigenvalue weighted by atomic mass is 9.22. The van der Waals surface area contributed by atoms with E-state index in [1.165, 1.54) is 22.6 Å². The predicted octanol–water partition coefficient (Wildman–Crippen LogP) is 3.42. The van der Waals surface area contributed by atoms with Gasteiger partial charge < -0.3 is 9.84 Å². The number of likely N-dealkylation sites (tertiary alicyclic amines) is 1. The number of halogens is 1. The summed E-state index contributed by atoms with van der Waals surface area (Å²) >= 11 is 0. The Bertz CT molecular complexity index is 1420. The highest BCUT2D eigenvalue weighted by Gasteiger charge is 2.91. The Hall–Kier alpha value is -3.19. The number of carbonyl (C=O) groups is 2. The molecule has 0 aromatic heterocycles. The van der Waals surface area contributed by atoms with Gasteiger partial charge in [0.15, 0.2) is 11.5 Å². The van der Waals surface area contributed by atoms with Crippen molar-refractivity contribution in [3.05, 3.63) is 71.1 Å². The normalized spacial score (nSPS) is 39.3. The van der Waals surface area contributed by atoms with Crippen molar-refractivity contribution in [2.24, 2.45) is 11.3 Å². The van der Waals surface area contributed by atoms with Crippen molar-refractivity contribution in [1.29, 1.82) is 0 Å². The smallest absolute Gasteiger partial charge is 0.262 e. The van der Waals surface area contributed by atoms with Gasteiger partial charge in [0.05, 0.1) is 22.6 Å². The van der Waals surface area contributed by atoms with Gasteiger partial charge in [0, 0.05) is 35.5 Å². The Kier molecular flexibility index (Phi) is 3.31. The van der Waals surface area contributed by atoms with E-state index in [2.05, 4.69) is 18.4 Å². The number of rotatable bonds is 3. The molecule has 6 atom stereocenters. The van der Waals surface area contributed by atoms with Crippen LogP contribution in [0.1, 0.15) is 51.6 Å². The number of ether oxygens (including phenoxy) is 1. The first-order valence-corrected chi connectivity index (χ1v) is 12.4. The minimum Gasteiger partial charge on any atom is -0.504 e. The van der Waals surface area contributed by atoms with Gasteiger partial charge in [-0.25, -0.2) is 4.39 Å². The van der Waals surface area contributed by atoms with E-state index in [4.69, 9.17) is 4.74 Å². The molecule has 2 aromatic rings. The molecule has 1 saturated heterocycles. The maximum atomic E-state index is 13.9. The Balaban J connectivity index is 1.30. The number of phenolic OH excluding ortho intramolecular Hbond substituents is 1. The highest BCUT2D eigenvalue weighted by atomic mass is 19.1. The van der Waals surface area contributed by atoms with E-state index in [1.54, 1.807) is 6.07 Å². The molecule has 7 heteroatoms. The Labute approximate surface area is 202 Å². The van der Waals surface area contributed by atoms with Gasteiger partial charge in [-0.05, 0) is 49.1 Å². The van der Waals surface area contributed by atoms with Gasteiger partial charge in [0.2, 0.25) is 0 Å². The van der Waals surface area contributed by atoms with E-state index in [9.17, 15) is 19.1 Å². The van der Waals surface area contributed by atoms with Gasteiger partial charge in [-0.1, -0.05) is 19.1 Å². The number of hydrogen-bond donors (Lipinski definition) is 1. The number of fused-ring (bicyclic) bond motifs is 1. The van der Waals surface area contributed by atoms with Gasteiger partial charge in [-0.15, -0.1) is 6.58 Å². The van der Waals surface area contributed by atoms with Crippen LogP contribution in [0.2, 0.25) is 0 Å². The first-order valence-electron chi connectivity index (χ1n) is 12.4. The summed E-state index contributed by atoms with van der Waals surface area (Å²) in [4.78, 5) is 30.8. The van der Waals surface area contributed by atoms with Gasteiger partial charge >= 0.3 is 0 Å². The van der Waals surface area contributed by atoms with Crippen molar-refractivity contribution in [3.8, 4) is 11.5 Å². The van der Waals surface area contributed by atoms with Crippen molar-refractivity contribution in [1.82, 2.24) is 9.80 Å². The summed E-state index contributed by atoms with van der Waals surface area (Å²) < 4.78 is 20.6. The van der Waals surface area contributed by atoms with Crippen LogP contribution in [0.5, 0.6) is 11.5 Å². The zero-order valence-electron chi connectivity index (χ0n) is 19.4. The fourth-order valence-corrected chi connectivity index (χ4v) is 9.52. The topological polar surface area (TPSA) is 70.1 Å². The third-order valence-electron chi connectivity index (χ3n) is 10.6. The third kappa shape index (κ3) is 1.75. The van der Waals surface area contributed by atoms with Crippen LogP contribution in [-0.2, 0) is 11.8 Å². The second-order valence-electron chi connectivity index (χ2n) is 11.3. The number of amides is 2. The summed E-state index contributed by atoms with van der Waals surface area (Å²) in [5.74, 6) is -0.433. The molecule has 3 heterocycles. The number of aromatic hydroxyl groups is 1. The van der Waals surface area contributed by atoms with Crippen LogP contribution < -0.4 is 4.74 Å². The summed E-state index contributed by atoms with van der Waals surface area (Å²) in [6.45, 7) is 8.03. The van der Waals surface area contributed by atoms with Crippen LogP contribution >= 0.6 is 0 Å². The molecule has 178 valence electrons. The highest BCUT2D eigenvalue weighted by Crippen LogP contribution is 2.85. The number of carbonyl (C=O) groups excluding carboxylic acids is 2. The second kappa shape index (κ2) is 5.78. The molecule has 2 aromatic carbocycles. The number of imide groups is 1. The number of nitrogens with zero attached hydrogens (tertiary/aromatic N) is 2. The molecule has 0 radical (unpaired) electrons. The molecule has 2 saturated carbocycles. The molecular formula is C28H25FN2O4. The molecular weight excluding hydrogens is 447 g/mol. The molecule has 8 rings (SSSR count). The predicted molar refractivity (Wildman–Crippen MR) is 124 cm³/mol. The fourth-order valence-electron chi connectivity index (χ4n) is 9.52. The van der Waals surface area contributed by atoms with Crippen molar-refractivity contribution in [3.63, 3.8) is 0 Å². The number of piperidine rings is 1. The van der Waals surface area contributed by atoms with Gasteiger partial charge in [-0.3, -0.25) is 19.4 Å². The lowest BCUT2D eigenvalue weighted by molar-refractivity contribution is -0.347. The summed E-state index contributed by atoms with van der Waals surface area (Å²) in [7, 11) is 0. The summed E-state index contributed by atoms with van der Waals surface area (Å²) in [6, 6.07) is 7.01. The summed E-state index contributed by atoms with van der Waals surface area (Å²) in [5.41, 5.74) is 2.13. The van der Waals surface area contributed by atoms with E-state index in [0.29, 0.717) is 18.1 Å². The van der Waals surface area contributed by atoms with E-state index in [-0.39, 0.29) is 39.2 Å². The van der Waals surface area contributed by atoms with Crippen LogP contribution in [0.25, 0.3) is 0 Å². The highest BCUT2D eigenvalue weighted by molar-refractivity contribution is 6.21. The second-order valence-corrected chi connectivity index (χ2v) is 11.3. The quantitative estimate of drug-likeness (QED) is 0.548. The molecule has 2 amide bonds. The largest absolute Gasteiger partial charge is 0.504 e. The zero-order valence-corrected chi connectivity index (χ0v) is 19.4. The maximum absolute atomic E-state index is 13.9.